The van der Waals surface area contributed by atoms with Crippen molar-refractivity contribution in [2.45, 2.75) is 53.6 Å². The van der Waals surface area contributed by atoms with Crippen LogP contribution in [0.25, 0.3) is 0 Å². The third kappa shape index (κ3) is 4.43. The van der Waals surface area contributed by atoms with Crippen molar-refractivity contribution in [3.8, 4) is 0 Å². The van der Waals surface area contributed by atoms with Crippen LogP contribution in [0.4, 0.5) is 0 Å². The Bertz CT molecular complexity index is 379. The van der Waals surface area contributed by atoms with Gasteiger partial charge in [0, 0.05) is 19.2 Å². The SMILES string of the molecule is Cc1ccc(C)c(CNC(CCO)C(C)(C)C)c1. The molecule has 0 aromatic heterocycles. The van der Waals surface area contributed by atoms with Crippen LogP contribution < -0.4 is 5.32 Å². The van der Waals surface area contributed by atoms with Crippen LogP contribution >= 0.6 is 0 Å². The van der Waals surface area contributed by atoms with Crippen LogP contribution in [0.2, 0.25) is 0 Å². The van der Waals surface area contributed by atoms with Gasteiger partial charge < -0.3 is 10.4 Å². The first-order valence-corrected chi connectivity index (χ1v) is 6.75. The summed E-state index contributed by atoms with van der Waals surface area (Å²) in [5.41, 5.74) is 4.14. The molecule has 0 amide bonds. The van der Waals surface area contributed by atoms with Crippen molar-refractivity contribution < 1.29 is 5.11 Å². The molecule has 18 heavy (non-hydrogen) atoms. The largest absolute Gasteiger partial charge is 0.396 e. The molecular formula is C16H27NO. The highest BCUT2D eigenvalue weighted by atomic mass is 16.3. The van der Waals surface area contributed by atoms with Gasteiger partial charge in [-0.05, 0) is 36.8 Å². The monoisotopic (exact) mass is 249 g/mol. The van der Waals surface area contributed by atoms with Crippen molar-refractivity contribution >= 4 is 0 Å². The van der Waals surface area contributed by atoms with Gasteiger partial charge in [0.2, 0.25) is 0 Å². The summed E-state index contributed by atoms with van der Waals surface area (Å²) in [6.45, 7) is 12.0. The molecule has 0 heterocycles. The molecule has 0 spiro atoms. The average Bonchev–Trinajstić information content (AvgIpc) is 2.27. The van der Waals surface area contributed by atoms with E-state index in [-0.39, 0.29) is 12.0 Å². The molecule has 2 heteroatoms. The van der Waals surface area contributed by atoms with Gasteiger partial charge in [0.15, 0.2) is 0 Å². The van der Waals surface area contributed by atoms with E-state index in [1.165, 1.54) is 16.7 Å². The van der Waals surface area contributed by atoms with Gasteiger partial charge in [0.1, 0.15) is 0 Å². The van der Waals surface area contributed by atoms with E-state index in [0.29, 0.717) is 6.04 Å². The molecule has 1 aromatic rings. The Labute approximate surface area is 111 Å². The molecule has 0 bridgehead atoms. The zero-order chi connectivity index (χ0) is 13.8. The van der Waals surface area contributed by atoms with Crippen molar-refractivity contribution in [2.75, 3.05) is 6.61 Å². The topological polar surface area (TPSA) is 32.3 Å². The molecule has 0 saturated carbocycles. The number of aryl methyl sites for hydroxylation is 2. The number of benzene rings is 1. The number of rotatable bonds is 5. The molecule has 0 saturated heterocycles. The Hall–Kier alpha value is -0.860. The van der Waals surface area contributed by atoms with E-state index in [9.17, 15) is 0 Å². The Morgan fingerprint density at radius 2 is 1.89 bits per heavy atom. The van der Waals surface area contributed by atoms with E-state index in [1.807, 2.05) is 0 Å². The quantitative estimate of drug-likeness (QED) is 0.840. The van der Waals surface area contributed by atoms with Gasteiger partial charge in [-0.25, -0.2) is 0 Å². The zero-order valence-electron chi connectivity index (χ0n) is 12.4. The number of nitrogens with one attached hydrogen (secondary N) is 1. The molecular weight excluding hydrogens is 222 g/mol. The fourth-order valence-electron chi connectivity index (χ4n) is 2.19. The van der Waals surface area contributed by atoms with E-state index in [2.05, 4.69) is 58.1 Å². The van der Waals surface area contributed by atoms with Crippen molar-refractivity contribution in [1.82, 2.24) is 5.32 Å². The van der Waals surface area contributed by atoms with E-state index in [4.69, 9.17) is 5.11 Å². The minimum Gasteiger partial charge on any atom is -0.396 e. The van der Waals surface area contributed by atoms with Gasteiger partial charge in [0.25, 0.3) is 0 Å². The maximum absolute atomic E-state index is 9.16. The van der Waals surface area contributed by atoms with Gasteiger partial charge >= 0.3 is 0 Å². The second-order valence-corrected chi connectivity index (χ2v) is 6.24. The number of aliphatic hydroxyl groups is 1. The summed E-state index contributed by atoms with van der Waals surface area (Å²) >= 11 is 0. The molecule has 2 N–H and O–H groups in total. The lowest BCUT2D eigenvalue weighted by Crippen LogP contribution is -2.40. The number of hydrogen-bond donors (Lipinski definition) is 2. The van der Waals surface area contributed by atoms with Crippen molar-refractivity contribution in [1.29, 1.82) is 0 Å². The third-order valence-electron chi connectivity index (χ3n) is 3.51. The Morgan fingerprint density at radius 3 is 2.44 bits per heavy atom. The predicted molar refractivity (Wildman–Crippen MR) is 77.7 cm³/mol. The molecule has 2 nitrogen and oxygen atoms in total. The maximum Gasteiger partial charge on any atom is 0.0446 e. The van der Waals surface area contributed by atoms with Crippen molar-refractivity contribution in [2.24, 2.45) is 5.41 Å². The fraction of sp³-hybridized carbons (Fsp3) is 0.625. The lowest BCUT2D eigenvalue weighted by Gasteiger charge is -2.31. The highest BCUT2D eigenvalue weighted by molar-refractivity contribution is 5.30. The van der Waals surface area contributed by atoms with Gasteiger partial charge in [-0.1, -0.05) is 44.5 Å². The van der Waals surface area contributed by atoms with E-state index in [1.54, 1.807) is 0 Å². The molecule has 0 radical (unpaired) electrons. The van der Waals surface area contributed by atoms with Gasteiger partial charge in [-0.2, -0.15) is 0 Å². The second kappa shape index (κ2) is 6.35. The Morgan fingerprint density at radius 1 is 1.22 bits per heavy atom. The molecule has 1 aromatic carbocycles. The summed E-state index contributed by atoms with van der Waals surface area (Å²) in [6.07, 6.45) is 0.800. The summed E-state index contributed by atoms with van der Waals surface area (Å²) in [4.78, 5) is 0. The molecule has 1 atom stereocenters. The summed E-state index contributed by atoms with van der Waals surface area (Å²) in [7, 11) is 0. The normalized spacial score (nSPS) is 13.7. The number of aliphatic hydroxyl groups excluding tert-OH is 1. The third-order valence-corrected chi connectivity index (χ3v) is 3.51. The smallest absolute Gasteiger partial charge is 0.0446 e. The van der Waals surface area contributed by atoms with Crippen LogP contribution in [0.3, 0.4) is 0 Å². The molecule has 0 aliphatic carbocycles. The highest BCUT2D eigenvalue weighted by Gasteiger charge is 2.23. The molecule has 1 rings (SSSR count). The maximum atomic E-state index is 9.16. The van der Waals surface area contributed by atoms with E-state index < -0.39 is 0 Å². The fourth-order valence-corrected chi connectivity index (χ4v) is 2.19. The minimum absolute atomic E-state index is 0.167. The van der Waals surface area contributed by atoms with Crippen LogP contribution in [0.15, 0.2) is 18.2 Å². The summed E-state index contributed by atoms with van der Waals surface area (Å²) in [5, 5.41) is 12.7. The minimum atomic E-state index is 0.167. The van der Waals surface area contributed by atoms with Crippen molar-refractivity contribution in [3.05, 3.63) is 34.9 Å². The lowest BCUT2D eigenvalue weighted by atomic mass is 9.84. The molecule has 0 aliphatic rings. The molecule has 0 aliphatic heterocycles. The molecule has 102 valence electrons. The van der Waals surface area contributed by atoms with Crippen LogP contribution in [-0.2, 0) is 6.54 Å². The van der Waals surface area contributed by atoms with Gasteiger partial charge in [0.05, 0.1) is 0 Å². The lowest BCUT2D eigenvalue weighted by molar-refractivity contribution is 0.196. The average molecular weight is 249 g/mol. The molecule has 1 unspecified atom stereocenters. The number of hydrogen-bond acceptors (Lipinski definition) is 2. The van der Waals surface area contributed by atoms with Gasteiger partial charge in [-0.3, -0.25) is 0 Å². The summed E-state index contributed by atoms with van der Waals surface area (Å²) in [6, 6.07) is 6.89. The first-order valence-electron chi connectivity index (χ1n) is 6.75. The predicted octanol–water partition coefficient (Wildman–Crippen LogP) is 3.19. The van der Waals surface area contributed by atoms with E-state index >= 15 is 0 Å². The Balaban J connectivity index is 2.70. The van der Waals surface area contributed by atoms with Crippen molar-refractivity contribution in [3.63, 3.8) is 0 Å². The zero-order valence-corrected chi connectivity index (χ0v) is 12.4. The molecule has 0 fully saturated rings. The Kier molecular flexibility index (Phi) is 5.36. The standard InChI is InChI=1S/C16H27NO/c1-12-6-7-13(2)14(10-12)11-17-15(8-9-18)16(3,4)5/h6-7,10,15,17-18H,8-9,11H2,1-5H3. The van der Waals surface area contributed by atoms with Crippen LogP contribution in [-0.4, -0.2) is 17.8 Å². The summed E-state index contributed by atoms with van der Waals surface area (Å²) < 4.78 is 0. The first-order chi connectivity index (χ1) is 8.34. The van der Waals surface area contributed by atoms with Crippen LogP contribution in [0.5, 0.6) is 0 Å². The second-order valence-electron chi connectivity index (χ2n) is 6.24. The van der Waals surface area contributed by atoms with Gasteiger partial charge in [-0.15, -0.1) is 0 Å². The van der Waals surface area contributed by atoms with Crippen LogP contribution in [0.1, 0.15) is 43.9 Å². The van der Waals surface area contributed by atoms with E-state index in [0.717, 1.165) is 13.0 Å². The first kappa shape index (κ1) is 15.2. The highest BCUT2D eigenvalue weighted by Crippen LogP contribution is 2.22. The summed E-state index contributed by atoms with van der Waals surface area (Å²) in [5.74, 6) is 0. The van der Waals surface area contributed by atoms with Crippen LogP contribution in [0, 0.1) is 19.3 Å².